The lowest BCUT2D eigenvalue weighted by Crippen LogP contribution is -2.36. The normalized spacial score (nSPS) is 20.7. The maximum absolute atomic E-state index is 4.31. The highest BCUT2D eigenvalue weighted by Crippen LogP contribution is 2.19. The summed E-state index contributed by atoms with van der Waals surface area (Å²) in [4.78, 5) is 6.57. The van der Waals surface area contributed by atoms with Crippen molar-refractivity contribution in [1.82, 2.24) is 10.3 Å². The molecule has 1 aromatic heterocycles. The first-order valence-electron chi connectivity index (χ1n) is 5.17. The first-order valence-corrected chi connectivity index (χ1v) is 6.05. The van der Waals surface area contributed by atoms with E-state index in [1.807, 2.05) is 11.6 Å². The van der Waals surface area contributed by atoms with E-state index in [0.29, 0.717) is 0 Å². The summed E-state index contributed by atoms with van der Waals surface area (Å²) >= 11 is 1.71. The monoisotopic (exact) mass is 247 g/mol. The summed E-state index contributed by atoms with van der Waals surface area (Å²) in [5, 5.41) is 6.61. The second-order valence-electron chi connectivity index (χ2n) is 3.91. The van der Waals surface area contributed by atoms with Gasteiger partial charge in [0, 0.05) is 25.2 Å². The van der Waals surface area contributed by atoms with Crippen molar-refractivity contribution in [2.75, 3.05) is 31.6 Å². The molecule has 2 rings (SSSR count). The molecule has 0 aliphatic carbocycles. The Kier molecular flexibility index (Phi) is 5.36. The van der Waals surface area contributed by atoms with Gasteiger partial charge in [-0.1, -0.05) is 0 Å². The van der Waals surface area contributed by atoms with Crippen LogP contribution in [0.4, 0.5) is 5.13 Å². The van der Waals surface area contributed by atoms with Crippen LogP contribution in [0.1, 0.15) is 12.8 Å². The van der Waals surface area contributed by atoms with Crippen LogP contribution in [0.3, 0.4) is 0 Å². The van der Waals surface area contributed by atoms with Gasteiger partial charge in [-0.15, -0.1) is 23.7 Å². The van der Waals surface area contributed by atoms with E-state index < -0.39 is 0 Å². The fourth-order valence-electron chi connectivity index (χ4n) is 1.95. The molecule has 0 spiro atoms. The average Bonchev–Trinajstić information content (AvgIpc) is 2.72. The molecule has 1 aliphatic rings. The van der Waals surface area contributed by atoms with E-state index in [9.17, 15) is 0 Å². The third-order valence-electron chi connectivity index (χ3n) is 2.68. The van der Waals surface area contributed by atoms with Crippen molar-refractivity contribution in [3.8, 4) is 0 Å². The second kappa shape index (κ2) is 6.30. The minimum Gasteiger partial charge on any atom is -0.351 e. The summed E-state index contributed by atoms with van der Waals surface area (Å²) < 4.78 is 0. The quantitative estimate of drug-likeness (QED) is 0.886. The zero-order valence-corrected chi connectivity index (χ0v) is 10.6. The second-order valence-corrected chi connectivity index (χ2v) is 4.78. The highest BCUT2D eigenvalue weighted by atomic mass is 35.5. The Morgan fingerprint density at radius 3 is 3.13 bits per heavy atom. The van der Waals surface area contributed by atoms with Gasteiger partial charge in [-0.25, -0.2) is 4.98 Å². The van der Waals surface area contributed by atoms with Crippen LogP contribution >= 0.6 is 23.7 Å². The molecule has 1 unspecified atom stereocenters. The molecule has 1 N–H and O–H groups in total. The number of thiazole rings is 1. The zero-order chi connectivity index (χ0) is 9.80. The number of anilines is 1. The molecule has 3 nitrogen and oxygen atoms in total. The van der Waals surface area contributed by atoms with Crippen molar-refractivity contribution < 1.29 is 0 Å². The number of nitrogens with one attached hydrogen (secondary N) is 1. The van der Waals surface area contributed by atoms with Crippen molar-refractivity contribution >= 4 is 28.9 Å². The van der Waals surface area contributed by atoms with Crippen molar-refractivity contribution in [3.63, 3.8) is 0 Å². The van der Waals surface area contributed by atoms with Gasteiger partial charge in [0.2, 0.25) is 0 Å². The van der Waals surface area contributed by atoms with Gasteiger partial charge < -0.3 is 10.2 Å². The number of hydrogen-bond acceptors (Lipinski definition) is 4. The fourth-order valence-corrected chi connectivity index (χ4v) is 2.57. The van der Waals surface area contributed by atoms with E-state index in [1.165, 1.54) is 19.4 Å². The Labute approximate surface area is 101 Å². The molecule has 1 saturated heterocycles. The Balaban J connectivity index is 0.00000112. The Hall–Kier alpha value is -0.320. The zero-order valence-electron chi connectivity index (χ0n) is 8.98. The topological polar surface area (TPSA) is 28.2 Å². The van der Waals surface area contributed by atoms with Crippen LogP contribution in [0.15, 0.2) is 11.6 Å². The Bertz CT molecular complexity index is 260. The molecule has 15 heavy (non-hydrogen) atoms. The molecular formula is C10H18ClN3S. The molecule has 86 valence electrons. The number of aromatic nitrogens is 1. The highest BCUT2D eigenvalue weighted by molar-refractivity contribution is 7.13. The van der Waals surface area contributed by atoms with Crippen LogP contribution in [0, 0.1) is 5.92 Å². The lowest BCUT2D eigenvalue weighted by molar-refractivity contribution is 0.381. The molecule has 5 heteroatoms. The van der Waals surface area contributed by atoms with Gasteiger partial charge in [-0.3, -0.25) is 0 Å². The van der Waals surface area contributed by atoms with E-state index in [1.54, 1.807) is 11.3 Å². The lowest BCUT2D eigenvalue weighted by atomic mass is 9.99. The molecule has 0 bridgehead atoms. The highest BCUT2D eigenvalue weighted by Gasteiger charge is 2.15. The standard InChI is InChI=1S/C10H17N3S.ClH/c1-13(10-12-5-6-14-10)8-9-3-2-4-11-7-9;/h5-6,9,11H,2-4,7-8H2,1H3;1H. The summed E-state index contributed by atoms with van der Waals surface area (Å²) in [7, 11) is 2.13. The number of hydrogen-bond donors (Lipinski definition) is 1. The summed E-state index contributed by atoms with van der Waals surface area (Å²) in [5.41, 5.74) is 0. The smallest absolute Gasteiger partial charge is 0.184 e. The molecule has 1 aromatic rings. The van der Waals surface area contributed by atoms with Crippen LogP contribution in [0.25, 0.3) is 0 Å². The molecule has 0 radical (unpaired) electrons. The van der Waals surface area contributed by atoms with Gasteiger partial charge in [0.15, 0.2) is 5.13 Å². The minimum absolute atomic E-state index is 0. The Morgan fingerprint density at radius 1 is 1.67 bits per heavy atom. The van der Waals surface area contributed by atoms with Gasteiger partial charge in [0.25, 0.3) is 0 Å². The average molecular weight is 248 g/mol. The van der Waals surface area contributed by atoms with Gasteiger partial charge in [0.1, 0.15) is 0 Å². The van der Waals surface area contributed by atoms with Crippen LogP contribution in [-0.4, -0.2) is 31.7 Å². The van der Waals surface area contributed by atoms with E-state index in [0.717, 1.165) is 24.1 Å². The van der Waals surface area contributed by atoms with Crippen LogP contribution in [0.2, 0.25) is 0 Å². The number of halogens is 1. The van der Waals surface area contributed by atoms with Gasteiger partial charge in [0.05, 0.1) is 0 Å². The molecule has 0 amide bonds. The van der Waals surface area contributed by atoms with Gasteiger partial charge >= 0.3 is 0 Å². The van der Waals surface area contributed by atoms with E-state index >= 15 is 0 Å². The number of rotatable bonds is 3. The molecule has 0 saturated carbocycles. The molecule has 0 aromatic carbocycles. The molecular weight excluding hydrogens is 230 g/mol. The predicted octanol–water partition coefficient (Wildman–Crippen LogP) is 2.00. The maximum Gasteiger partial charge on any atom is 0.184 e. The molecule has 1 atom stereocenters. The van der Waals surface area contributed by atoms with Crippen molar-refractivity contribution in [2.24, 2.45) is 5.92 Å². The summed E-state index contributed by atoms with van der Waals surface area (Å²) in [6.07, 6.45) is 4.54. The molecule has 1 aliphatic heterocycles. The van der Waals surface area contributed by atoms with Gasteiger partial charge in [-0.05, 0) is 31.8 Å². The van der Waals surface area contributed by atoms with Crippen molar-refractivity contribution in [3.05, 3.63) is 11.6 Å². The third-order valence-corrected chi connectivity index (χ3v) is 3.56. The summed E-state index contributed by atoms with van der Waals surface area (Å²) in [6, 6.07) is 0. The number of nitrogens with zero attached hydrogens (tertiary/aromatic N) is 2. The van der Waals surface area contributed by atoms with E-state index in [-0.39, 0.29) is 12.4 Å². The third kappa shape index (κ3) is 3.63. The fraction of sp³-hybridized carbons (Fsp3) is 0.700. The van der Waals surface area contributed by atoms with Crippen molar-refractivity contribution in [2.45, 2.75) is 12.8 Å². The van der Waals surface area contributed by atoms with Crippen molar-refractivity contribution in [1.29, 1.82) is 0 Å². The SMILES string of the molecule is CN(CC1CCCNC1)c1nccs1.Cl. The van der Waals surface area contributed by atoms with Crippen LogP contribution in [-0.2, 0) is 0 Å². The van der Waals surface area contributed by atoms with E-state index in [2.05, 4.69) is 22.2 Å². The molecule has 1 fully saturated rings. The van der Waals surface area contributed by atoms with Crippen LogP contribution in [0.5, 0.6) is 0 Å². The maximum atomic E-state index is 4.31. The predicted molar refractivity (Wildman–Crippen MR) is 68.2 cm³/mol. The van der Waals surface area contributed by atoms with E-state index in [4.69, 9.17) is 0 Å². The summed E-state index contributed by atoms with van der Waals surface area (Å²) in [5.74, 6) is 0.789. The first kappa shape index (κ1) is 12.7. The summed E-state index contributed by atoms with van der Waals surface area (Å²) in [6.45, 7) is 3.48. The Morgan fingerprint density at radius 2 is 2.53 bits per heavy atom. The molecule has 2 heterocycles. The minimum atomic E-state index is 0. The lowest BCUT2D eigenvalue weighted by Gasteiger charge is -2.27. The van der Waals surface area contributed by atoms with Crippen LogP contribution < -0.4 is 10.2 Å². The van der Waals surface area contributed by atoms with Gasteiger partial charge in [-0.2, -0.15) is 0 Å². The first-order chi connectivity index (χ1) is 6.86. The largest absolute Gasteiger partial charge is 0.351 e. The number of piperidine rings is 1.